The van der Waals surface area contributed by atoms with E-state index in [0.717, 1.165) is 22.8 Å². The summed E-state index contributed by atoms with van der Waals surface area (Å²) in [5.74, 6) is -0.270. The Bertz CT molecular complexity index is 530. The minimum Gasteiger partial charge on any atom is -0.395 e. The molecule has 0 amide bonds. The lowest BCUT2D eigenvalue weighted by Crippen LogP contribution is -2.26. The zero-order chi connectivity index (χ0) is 13.7. The van der Waals surface area contributed by atoms with Crippen molar-refractivity contribution >= 4 is 17.0 Å². The lowest BCUT2D eigenvalue weighted by atomic mass is 10.2. The molecule has 0 unspecified atom stereocenters. The number of benzene rings is 1. The van der Waals surface area contributed by atoms with Crippen LogP contribution in [-0.4, -0.2) is 23.2 Å². The molecule has 3 nitrogen and oxygen atoms in total. The Morgan fingerprint density at radius 2 is 2.26 bits per heavy atom. The molecule has 0 saturated carbocycles. The van der Waals surface area contributed by atoms with Crippen LogP contribution < -0.4 is 4.90 Å². The average Bonchev–Trinajstić information content (AvgIpc) is 2.86. The number of halogens is 1. The van der Waals surface area contributed by atoms with Crippen LogP contribution >= 0.6 is 11.3 Å². The fraction of sp³-hybridized carbons (Fsp3) is 0.357. The lowest BCUT2D eigenvalue weighted by molar-refractivity contribution is 0.301. The number of nitrogens with zero attached hydrogens (tertiary/aromatic N) is 2. The Kier molecular flexibility index (Phi) is 4.87. The molecule has 0 aliphatic rings. The summed E-state index contributed by atoms with van der Waals surface area (Å²) in [7, 11) is 0. The monoisotopic (exact) mass is 280 g/mol. The Hall–Kier alpha value is -1.46. The Balaban J connectivity index is 2.15. The van der Waals surface area contributed by atoms with Crippen molar-refractivity contribution in [3.63, 3.8) is 0 Å². The Morgan fingerprint density at radius 1 is 1.42 bits per heavy atom. The van der Waals surface area contributed by atoms with Crippen LogP contribution in [0, 0.1) is 5.82 Å². The summed E-state index contributed by atoms with van der Waals surface area (Å²) in [6, 6.07) is 6.40. The highest BCUT2D eigenvalue weighted by Crippen LogP contribution is 2.19. The van der Waals surface area contributed by atoms with E-state index in [4.69, 9.17) is 5.11 Å². The van der Waals surface area contributed by atoms with Gasteiger partial charge in [0.05, 0.1) is 23.9 Å². The molecule has 2 rings (SSSR count). The second-order valence-corrected chi connectivity index (χ2v) is 5.15. The number of hydrogen-bond donors (Lipinski definition) is 1. The first-order chi connectivity index (χ1) is 9.22. The van der Waals surface area contributed by atoms with Crippen molar-refractivity contribution in [1.29, 1.82) is 0 Å². The van der Waals surface area contributed by atoms with Crippen LogP contribution in [0.3, 0.4) is 0 Å². The van der Waals surface area contributed by atoms with E-state index in [-0.39, 0.29) is 12.4 Å². The largest absolute Gasteiger partial charge is 0.395 e. The molecule has 0 aliphatic carbocycles. The first-order valence-electron chi connectivity index (χ1n) is 6.27. The molecular weight excluding hydrogens is 263 g/mol. The maximum Gasteiger partial charge on any atom is 0.125 e. The van der Waals surface area contributed by atoms with Gasteiger partial charge in [0.1, 0.15) is 5.82 Å². The van der Waals surface area contributed by atoms with Crippen LogP contribution in [0.2, 0.25) is 0 Å². The van der Waals surface area contributed by atoms with Gasteiger partial charge in [-0.25, -0.2) is 9.37 Å². The molecule has 0 atom stereocenters. The van der Waals surface area contributed by atoms with Gasteiger partial charge in [0, 0.05) is 17.6 Å². The zero-order valence-corrected chi connectivity index (χ0v) is 11.7. The van der Waals surface area contributed by atoms with Crippen molar-refractivity contribution < 1.29 is 9.50 Å². The van der Waals surface area contributed by atoms with Crippen molar-refractivity contribution in [2.24, 2.45) is 0 Å². The van der Waals surface area contributed by atoms with Gasteiger partial charge >= 0.3 is 0 Å². The van der Waals surface area contributed by atoms with E-state index in [1.807, 2.05) is 16.3 Å². The molecule has 0 fully saturated rings. The van der Waals surface area contributed by atoms with E-state index in [9.17, 15) is 4.39 Å². The average molecular weight is 280 g/mol. The molecule has 5 heteroatoms. The number of aryl methyl sites for hydroxylation is 1. The van der Waals surface area contributed by atoms with Crippen molar-refractivity contribution in [3.8, 4) is 0 Å². The standard InChI is InChI=1S/C14H17FN2OS/c1-2-14-16-12(10-19-14)9-17(6-7-18)13-5-3-4-11(15)8-13/h3-5,8,10,18H,2,6-7,9H2,1H3. The third-order valence-corrected chi connectivity index (χ3v) is 3.84. The molecule has 102 valence electrons. The van der Waals surface area contributed by atoms with E-state index in [1.54, 1.807) is 17.4 Å². The van der Waals surface area contributed by atoms with Crippen LogP contribution in [-0.2, 0) is 13.0 Å². The SMILES string of the molecule is CCc1nc(CN(CCO)c2cccc(F)c2)cs1. The number of rotatable bonds is 6. The number of aromatic nitrogens is 1. The van der Waals surface area contributed by atoms with Crippen LogP contribution in [0.4, 0.5) is 10.1 Å². The highest BCUT2D eigenvalue weighted by Gasteiger charge is 2.10. The van der Waals surface area contributed by atoms with Gasteiger partial charge < -0.3 is 10.0 Å². The predicted octanol–water partition coefficient (Wildman–Crippen LogP) is 2.84. The molecule has 0 bridgehead atoms. The fourth-order valence-electron chi connectivity index (χ4n) is 1.87. The molecule has 19 heavy (non-hydrogen) atoms. The predicted molar refractivity (Wildman–Crippen MR) is 76.0 cm³/mol. The number of hydrogen-bond acceptors (Lipinski definition) is 4. The van der Waals surface area contributed by atoms with Crippen molar-refractivity contribution in [1.82, 2.24) is 4.98 Å². The van der Waals surface area contributed by atoms with Crippen LogP contribution in [0.1, 0.15) is 17.6 Å². The Morgan fingerprint density at radius 3 is 2.89 bits per heavy atom. The van der Waals surface area contributed by atoms with Gasteiger partial charge in [-0.05, 0) is 24.6 Å². The van der Waals surface area contributed by atoms with Crippen molar-refractivity contribution in [3.05, 3.63) is 46.2 Å². The molecule has 1 aromatic carbocycles. The summed E-state index contributed by atoms with van der Waals surface area (Å²) in [5, 5.41) is 12.3. The summed E-state index contributed by atoms with van der Waals surface area (Å²) < 4.78 is 13.3. The molecule has 0 radical (unpaired) electrons. The van der Waals surface area contributed by atoms with Gasteiger partial charge in [-0.15, -0.1) is 11.3 Å². The maximum atomic E-state index is 13.3. The van der Waals surface area contributed by atoms with Gasteiger partial charge in [0.2, 0.25) is 0 Å². The minimum atomic E-state index is -0.270. The maximum absolute atomic E-state index is 13.3. The van der Waals surface area contributed by atoms with Crippen molar-refractivity contribution in [2.75, 3.05) is 18.1 Å². The number of aliphatic hydroxyl groups excluding tert-OH is 1. The molecule has 1 heterocycles. The highest BCUT2D eigenvalue weighted by atomic mass is 32.1. The van der Waals surface area contributed by atoms with E-state index in [1.165, 1.54) is 12.1 Å². The van der Waals surface area contributed by atoms with Gasteiger partial charge in [0.25, 0.3) is 0 Å². The molecule has 0 aliphatic heterocycles. The van der Waals surface area contributed by atoms with Gasteiger partial charge in [-0.3, -0.25) is 0 Å². The normalized spacial score (nSPS) is 10.7. The summed E-state index contributed by atoms with van der Waals surface area (Å²) in [6.45, 7) is 3.14. The summed E-state index contributed by atoms with van der Waals surface area (Å²) in [6.07, 6.45) is 0.921. The summed E-state index contributed by atoms with van der Waals surface area (Å²) in [5.41, 5.74) is 1.72. The van der Waals surface area contributed by atoms with Crippen LogP contribution in [0.25, 0.3) is 0 Å². The van der Waals surface area contributed by atoms with Gasteiger partial charge in [-0.1, -0.05) is 13.0 Å². The molecular formula is C14H17FN2OS. The smallest absolute Gasteiger partial charge is 0.125 e. The number of anilines is 1. The van der Waals surface area contributed by atoms with Gasteiger partial charge in [0.15, 0.2) is 0 Å². The molecule has 0 spiro atoms. The lowest BCUT2D eigenvalue weighted by Gasteiger charge is -2.23. The molecule has 1 aromatic heterocycles. The van der Waals surface area contributed by atoms with E-state index in [2.05, 4.69) is 11.9 Å². The first-order valence-corrected chi connectivity index (χ1v) is 7.15. The van der Waals surface area contributed by atoms with E-state index >= 15 is 0 Å². The molecule has 2 aromatic rings. The van der Waals surface area contributed by atoms with Crippen LogP contribution in [0.5, 0.6) is 0 Å². The van der Waals surface area contributed by atoms with E-state index < -0.39 is 0 Å². The second-order valence-electron chi connectivity index (χ2n) is 4.21. The Labute approximate surface area is 116 Å². The zero-order valence-electron chi connectivity index (χ0n) is 10.8. The fourth-order valence-corrected chi connectivity index (χ4v) is 2.61. The summed E-state index contributed by atoms with van der Waals surface area (Å²) in [4.78, 5) is 6.43. The van der Waals surface area contributed by atoms with E-state index in [0.29, 0.717) is 13.1 Å². The summed E-state index contributed by atoms with van der Waals surface area (Å²) >= 11 is 1.63. The third kappa shape index (κ3) is 3.75. The highest BCUT2D eigenvalue weighted by molar-refractivity contribution is 7.09. The second kappa shape index (κ2) is 6.63. The number of thiazole rings is 1. The topological polar surface area (TPSA) is 36.4 Å². The first kappa shape index (κ1) is 14.0. The third-order valence-electron chi connectivity index (χ3n) is 2.80. The van der Waals surface area contributed by atoms with Gasteiger partial charge in [-0.2, -0.15) is 0 Å². The molecule has 0 saturated heterocycles. The molecule has 1 N–H and O–H groups in total. The quantitative estimate of drug-likeness (QED) is 0.884. The van der Waals surface area contributed by atoms with Crippen molar-refractivity contribution in [2.45, 2.75) is 19.9 Å². The number of aliphatic hydroxyl groups is 1. The minimum absolute atomic E-state index is 0.0291. The van der Waals surface area contributed by atoms with Crippen LogP contribution in [0.15, 0.2) is 29.6 Å².